The van der Waals surface area contributed by atoms with Crippen LogP contribution in [0.2, 0.25) is 5.02 Å². The Bertz CT molecular complexity index is 1800. The number of rotatable bonds is 9. The summed E-state index contributed by atoms with van der Waals surface area (Å²) in [5.74, 6) is -0.0921. The zero-order valence-corrected chi connectivity index (χ0v) is 23.1. The summed E-state index contributed by atoms with van der Waals surface area (Å²) in [5.41, 5.74) is 1.53. The van der Waals surface area contributed by atoms with E-state index in [9.17, 15) is 18.4 Å². The lowest BCUT2D eigenvalue weighted by Gasteiger charge is -2.21. The third-order valence-corrected chi connectivity index (χ3v) is 6.82. The molecule has 1 N–H and O–H groups in total. The lowest BCUT2D eigenvalue weighted by molar-refractivity contribution is -0.119. The number of benzene rings is 2. The third-order valence-electron chi connectivity index (χ3n) is 6.58. The minimum Gasteiger partial charge on any atom is -0.495 e. The van der Waals surface area contributed by atoms with Gasteiger partial charge in [0, 0.05) is 46.5 Å². The average molecular weight is 582 g/mol. The van der Waals surface area contributed by atoms with Crippen LogP contribution in [-0.2, 0) is 11.8 Å². The molecule has 0 aliphatic rings. The number of amides is 1. The van der Waals surface area contributed by atoms with Crippen molar-refractivity contribution in [2.45, 2.75) is 32.2 Å². The van der Waals surface area contributed by atoms with E-state index in [4.69, 9.17) is 16.3 Å². The number of methoxy groups -OCH3 is 1. The highest BCUT2D eigenvalue weighted by Crippen LogP contribution is 2.36. The van der Waals surface area contributed by atoms with Gasteiger partial charge in [0.1, 0.15) is 17.5 Å². The number of halogens is 3. The number of carbonyl (C=O) groups excluding carboxylic acids is 1. The first-order valence-corrected chi connectivity index (χ1v) is 13.1. The lowest BCUT2D eigenvalue weighted by atomic mass is 10.0. The van der Waals surface area contributed by atoms with Gasteiger partial charge < -0.3 is 10.1 Å². The molecule has 0 spiro atoms. The van der Waals surface area contributed by atoms with Gasteiger partial charge in [-0.25, -0.2) is 13.5 Å². The van der Waals surface area contributed by atoms with E-state index in [1.54, 1.807) is 28.9 Å². The molecule has 5 aromatic rings. The Morgan fingerprint density at radius 2 is 1.90 bits per heavy atom. The molecular weight excluding hydrogens is 556 g/mol. The second-order valence-corrected chi connectivity index (χ2v) is 9.86. The maximum Gasteiger partial charge on any atom is 0.283 e. The molecule has 0 saturated heterocycles. The molecule has 10 nitrogen and oxygen atoms in total. The summed E-state index contributed by atoms with van der Waals surface area (Å²) in [5, 5.41) is 15.8. The Morgan fingerprint density at radius 3 is 2.61 bits per heavy atom. The van der Waals surface area contributed by atoms with Crippen molar-refractivity contribution in [1.82, 2.24) is 29.3 Å². The van der Waals surface area contributed by atoms with Gasteiger partial charge in [-0.05, 0) is 42.8 Å². The van der Waals surface area contributed by atoms with Gasteiger partial charge >= 0.3 is 0 Å². The third kappa shape index (κ3) is 5.68. The predicted molar refractivity (Wildman–Crippen MR) is 151 cm³/mol. The van der Waals surface area contributed by atoms with Crippen molar-refractivity contribution < 1.29 is 18.3 Å². The Kier molecular flexibility index (Phi) is 7.84. The summed E-state index contributed by atoms with van der Waals surface area (Å²) < 4.78 is 36.2. The van der Waals surface area contributed by atoms with Crippen LogP contribution in [0.25, 0.3) is 27.7 Å². The van der Waals surface area contributed by atoms with E-state index in [1.165, 1.54) is 28.6 Å². The van der Waals surface area contributed by atoms with Crippen molar-refractivity contribution in [3.05, 3.63) is 82.1 Å². The van der Waals surface area contributed by atoms with E-state index < -0.39 is 23.7 Å². The standard InChI is InChI=1S/C28H26ClF2N7O3/c1-4-5-24(28(40)32-18-7-8-21-16(10-18)13-36(2)34-21)37-15-25(41-3)20(12-26(37)39)19-11-17(29)6-9-23(19)38-14-22(27(30)31)33-35-38/h6-15,24,27H,4-5H2,1-3H3,(H,32,40)/t24-/m0/s1. The molecule has 3 heterocycles. The molecule has 13 heteroatoms. The first-order chi connectivity index (χ1) is 19.7. The number of hydrogen-bond donors (Lipinski definition) is 1. The molecule has 2 aromatic carbocycles. The SMILES string of the molecule is CCC[C@@H](C(=O)Nc1ccc2nn(C)cc2c1)n1cc(OC)c(-c2cc(Cl)ccc2-n2cc(C(F)F)nn2)cc1=O. The van der Waals surface area contributed by atoms with Crippen LogP contribution in [0.4, 0.5) is 14.5 Å². The van der Waals surface area contributed by atoms with Gasteiger partial charge in [-0.15, -0.1) is 5.10 Å². The van der Waals surface area contributed by atoms with E-state index in [-0.39, 0.29) is 11.7 Å². The number of fused-ring (bicyclic) bond motifs is 1. The van der Waals surface area contributed by atoms with E-state index in [0.717, 1.165) is 17.1 Å². The minimum absolute atomic E-state index is 0.271. The molecule has 0 saturated carbocycles. The average Bonchev–Trinajstić information content (AvgIpc) is 3.58. The van der Waals surface area contributed by atoms with Gasteiger partial charge in [0.2, 0.25) is 5.91 Å². The van der Waals surface area contributed by atoms with Gasteiger partial charge in [0.05, 0.1) is 30.7 Å². The van der Waals surface area contributed by atoms with Gasteiger partial charge in [-0.1, -0.05) is 30.2 Å². The number of ether oxygens (including phenoxy) is 1. The van der Waals surface area contributed by atoms with Crippen LogP contribution in [0, 0.1) is 0 Å². The minimum atomic E-state index is -2.80. The smallest absolute Gasteiger partial charge is 0.283 e. The first-order valence-electron chi connectivity index (χ1n) is 12.7. The van der Waals surface area contributed by atoms with Gasteiger partial charge in [0.25, 0.3) is 12.0 Å². The largest absolute Gasteiger partial charge is 0.495 e. The quantitative estimate of drug-likeness (QED) is 0.244. The highest BCUT2D eigenvalue weighted by molar-refractivity contribution is 6.31. The van der Waals surface area contributed by atoms with E-state index >= 15 is 0 Å². The molecule has 41 heavy (non-hydrogen) atoms. The molecule has 5 rings (SSSR count). The van der Waals surface area contributed by atoms with Crippen molar-refractivity contribution >= 4 is 34.1 Å². The monoisotopic (exact) mass is 581 g/mol. The number of anilines is 1. The maximum atomic E-state index is 13.5. The number of hydrogen-bond acceptors (Lipinski definition) is 6. The second kappa shape index (κ2) is 11.5. The fourth-order valence-electron chi connectivity index (χ4n) is 4.69. The Balaban J connectivity index is 1.53. The molecule has 0 aliphatic carbocycles. The van der Waals surface area contributed by atoms with E-state index in [2.05, 4.69) is 20.7 Å². The molecule has 0 bridgehead atoms. The van der Waals surface area contributed by atoms with E-state index in [0.29, 0.717) is 40.4 Å². The van der Waals surface area contributed by atoms with Crippen LogP contribution in [0.5, 0.6) is 5.75 Å². The Hall–Kier alpha value is -4.58. The molecule has 0 fully saturated rings. The first kappa shape index (κ1) is 28.0. The van der Waals surface area contributed by atoms with Crippen LogP contribution in [0.15, 0.2) is 65.8 Å². The molecular formula is C28H26ClF2N7O3. The summed E-state index contributed by atoms with van der Waals surface area (Å²) in [4.78, 5) is 27.0. The fourth-order valence-corrected chi connectivity index (χ4v) is 4.86. The summed E-state index contributed by atoms with van der Waals surface area (Å²) >= 11 is 6.28. The molecule has 212 valence electrons. The number of pyridine rings is 1. The predicted octanol–water partition coefficient (Wildman–Crippen LogP) is 5.56. The zero-order chi connectivity index (χ0) is 29.3. The van der Waals surface area contributed by atoms with Gasteiger partial charge in [-0.3, -0.25) is 18.8 Å². The van der Waals surface area contributed by atoms with Crippen LogP contribution in [0.3, 0.4) is 0 Å². The number of alkyl halides is 2. The number of nitrogens with one attached hydrogen (secondary N) is 1. The molecule has 1 amide bonds. The van der Waals surface area contributed by atoms with Gasteiger partial charge in [0.15, 0.2) is 0 Å². The van der Waals surface area contributed by atoms with Crippen LogP contribution >= 0.6 is 11.6 Å². The molecule has 1 atom stereocenters. The van der Waals surface area contributed by atoms with Gasteiger partial charge in [-0.2, -0.15) is 5.10 Å². The maximum absolute atomic E-state index is 13.5. The van der Waals surface area contributed by atoms with Crippen LogP contribution < -0.4 is 15.6 Å². The number of carbonyl (C=O) groups is 1. The lowest BCUT2D eigenvalue weighted by Crippen LogP contribution is -2.33. The van der Waals surface area contributed by atoms with Crippen LogP contribution in [-0.4, -0.2) is 42.4 Å². The normalized spacial score (nSPS) is 12.2. The van der Waals surface area contributed by atoms with Crippen LogP contribution in [0.1, 0.15) is 37.9 Å². The van der Waals surface area contributed by atoms with Crippen molar-refractivity contribution in [2.75, 3.05) is 12.4 Å². The summed E-state index contributed by atoms with van der Waals surface area (Å²) in [7, 11) is 3.25. The molecule has 3 aromatic heterocycles. The molecule has 0 radical (unpaired) electrons. The Labute approximate surface area is 238 Å². The number of aryl methyl sites for hydroxylation is 1. The summed E-state index contributed by atoms with van der Waals surface area (Å²) in [6.07, 6.45) is 2.65. The molecule has 0 aliphatic heterocycles. The second-order valence-electron chi connectivity index (χ2n) is 9.42. The molecule has 0 unspecified atom stereocenters. The zero-order valence-electron chi connectivity index (χ0n) is 22.4. The van der Waals surface area contributed by atoms with Crippen molar-refractivity contribution in [2.24, 2.45) is 7.05 Å². The number of aromatic nitrogens is 6. The van der Waals surface area contributed by atoms with Crippen molar-refractivity contribution in [3.8, 4) is 22.6 Å². The fraction of sp³-hybridized carbons (Fsp3) is 0.250. The highest BCUT2D eigenvalue weighted by atomic mass is 35.5. The van der Waals surface area contributed by atoms with Crippen molar-refractivity contribution in [3.63, 3.8) is 0 Å². The number of nitrogens with zero attached hydrogens (tertiary/aromatic N) is 6. The highest BCUT2D eigenvalue weighted by Gasteiger charge is 2.24. The Morgan fingerprint density at radius 1 is 1.10 bits per heavy atom. The van der Waals surface area contributed by atoms with Crippen molar-refractivity contribution in [1.29, 1.82) is 0 Å². The summed E-state index contributed by atoms with van der Waals surface area (Å²) in [6.45, 7) is 1.92. The summed E-state index contributed by atoms with van der Waals surface area (Å²) in [6, 6.07) is 10.6. The van der Waals surface area contributed by atoms with E-state index in [1.807, 2.05) is 32.3 Å². The topological polar surface area (TPSA) is 109 Å².